The number of hydrogen-bond donors (Lipinski definition) is 0. The molecule has 1 rings (SSSR count). The van der Waals surface area contributed by atoms with E-state index in [0.29, 0.717) is 17.1 Å². The SMILES string of the molecule is COc1cccc(C=CC=O)c1Cl. The molecule has 1 aromatic carbocycles. The molecule has 0 unspecified atom stereocenters. The van der Waals surface area contributed by atoms with Gasteiger partial charge in [-0.25, -0.2) is 0 Å². The molecular formula is C10H9ClO2. The van der Waals surface area contributed by atoms with Crippen LogP contribution >= 0.6 is 11.6 Å². The quantitative estimate of drug-likeness (QED) is 0.549. The Morgan fingerprint density at radius 2 is 2.23 bits per heavy atom. The van der Waals surface area contributed by atoms with Crippen molar-refractivity contribution in [2.45, 2.75) is 0 Å². The fourth-order valence-corrected chi connectivity index (χ4v) is 1.22. The molecule has 0 saturated heterocycles. The summed E-state index contributed by atoms with van der Waals surface area (Å²) in [6.07, 6.45) is 3.73. The van der Waals surface area contributed by atoms with Crippen molar-refractivity contribution < 1.29 is 9.53 Å². The first-order chi connectivity index (χ1) is 6.29. The number of carbonyl (C=O) groups is 1. The van der Waals surface area contributed by atoms with Crippen LogP contribution in [0.15, 0.2) is 24.3 Å². The van der Waals surface area contributed by atoms with Crippen LogP contribution in [0.5, 0.6) is 5.75 Å². The number of hydrogen-bond acceptors (Lipinski definition) is 2. The van der Waals surface area contributed by atoms with Gasteiger partial charge in [-0.05, 0) is 17.7 Å². The highest BCUT2D eigenvalue weighted by atomic mass is 35.5. The third-order valence-electron chi connectivity index (χ3n) is 1.57. The Morgan fingerprint density at radius 1 is 1.46 bits per heavy atom. The maximum absolute atomic E-state index is 10.1. The van der Waals surface area contributed by atoms with E-state index in [2.05, 4.69) is 0 Å². The number of allylic oxidation sites excluding steroid dienone is 1. The van der Waals surface area contributed by atoms with E-state index < -0.39 is 0 Å². The van der Waals surface area contributed by atoms with Gasteiger partial charge in [0.15, 0.2) is 0 Å². The van der Waals surface area contributed by atoms with Crippen LogP contribution in [0.2, 0.25) is 5.02 Å². The van der Waals surface area contributed by atoms with Crippen LogP contribution in [0.4, 0.5) is 0 Å². The Kier molecular flexibility index (Phi) is 3.53. The highest BCUT2D eigenvalue weighted by Gasteiger charge is 2.02. The van der Waals surface area contributed by atoms with Gasteiger partial charge in [-0.15, -0.1) is 0 Å². The lowest BCUT2D eigenvalue weighted by atomic mass is 10.2. The number of aldehydes is 1. The van der Waals surface area contributed by atoms with Crippen molar-refractivity contribution in [2.75, 3.05) is 7.11 Å². The predicted molar refractivity (Wildman–Crippen MR) is 53.1 cm³/mol. The zero-order chi connectivity index (χ0) is 9.68. The zero-order valence-electron chi connectivity index (χ0n) is 7.16. The Bertz CT molecular complexity index is 332. The molecule has 0 radical (unpaired) electrons. The largest absolute Gasteiger partial charge is 0.495 e. The van der Waals surface area contributed by atoms with E-state index in [1.165, 1.54) is 6.08 Å². The van der Waals surface area contributed by atoms with E-state index in [9.17, 15) is 4.79 Å². The Labute approximate surface area is 81.8 Å². The molecule has 0 fully saturated rings. The second-order valence-electron chi connectivity index (χ2n) is 2.36. The number of rotatable bonds is 3. The van der Waals surface area contributed by atoms with Gasteiger partial charge in [0.25, 0.3) is 0 Å². The molecule has 0 spiro atoms. The van der Waals surface area contributed by atoms with Crippen LogP contribution < -0.4 is 4.74 Å². The first-order valence-corrected chi connectivity index (χ1v) is 4.11. The van der Waals surface area contributed by atoms with E-state index in [0.717, 1.165) is 5.56 Å². The van der Waals surface area contributed by atoms with E-state index >= 15 is 0 Å². The number of methoxy groups -OCH3 is 1. The van der Waals surface area contributed by atoms with Gasteiger partial charge in [0.05, 0.1) is 12.1 Å². The van der Waals surface area contributed by atoms with Crippen molar-refractivity contribution in [1.29, 1.82) is 0 Å². The molecule has 13 heavy (non-hydrogen) atoms. The number of benzene rings is 1. The van der Waals surface area contributed by atoms with Crippen molar-refractivity contribution in [3.05, 3.63) is 34.9 Å². The van der Waals surface area contributed by atoms with Crippen LogP contribution in [0.25, 0.3) is 6.08 Å². The number of ether oxygens (including phenoxy) is 1. The van der Waals surface area contributed by atoms with Crippen LogP contribution in [0.1, 0.15) is 5.56 Å². The Balaban J connectivity index is 3.07. The lowest BCUT2D eigenvalue weighted by molar-refractivity contribution is -0.104. The summed E-state index contributed by atoms with van der Waals surface area (Å²) in [5.41, 5.74) is 0.771. The molecule has 0 N–H and O–H groups in total. The molecule has 0 aromatic heterocycles. The molecule has 0 heterocycles. The molecule has 3 heteroatoms. The summed E-state index contributed by atoms with van der Waals surface area (Å²) in [5.74, 6) is 0.606. The average molecular weight is 197 g/mol. The molecule has 0 bridgehead atoms. The second kappa shape index (κ2) is 4.67. The lowest BCUT2D eigenvalue weighted by Gasteiger charge is -2.04. The highest BCUT2D eigenvalue weighted by Crippen LogP contribution is 2.28. The van der Waals surface area contributed by atoms with Gasteiger partial charge in [0.1, 0.15) is 12.0 Å². The summed E-state index contributed by atoms with van der Waals surface area (Å²) in [6.45, 7) is 0. The van der Waals surface area contributed by atoms with Crippen molar-refractivity contribution in [3.63, 3.8) is 0 Å². The van der Waals surface area contributed by atoms with Gasteiger partial charge >= 0.3 is 0 Å². The Hall–Kier alpha value is -1.28. The van der Waals surface area contributed by atoms with Gasteiger partial charge in [-0.2, -0.15) is 0 Å². The van der Waals surface area contributed by atoms with Crippen LogP contribution in [0.3, 0.4) is 0 Å². The van der Waals surface area contributed by atoms with Crippen molar-refractivity contribution in [3.8, 4) is 5.75 Å². The second-order valence-corrected chi connectivity index (χ2v) is 2.74. The first kappa shape index (κ1) is 9.81. The first-order valence-electron chi connectivity index (χ1n) is 3.74. The molecule has 1 aromatic rings. The van der Waals surface area contributed by atoms with Gasteiger partial charge < -0.3 is 4.74 Å². The third-order valence-corrected chi connectivity index (χ3v) is 1.97. The minimum absolute atomic E-state index is 0.517. The maximum Gasteiger partial charge on any atom is 0.142 e. The Morgan fingerprint density at radius 3 is 2.85 bits per heavy atom. The van der Waals surface area contributed by atoms with Gasteiger partial charge in [0.2, 0.25) is 0 Å². The molecule has 0 aliphatic rings. The van der Waals surface area contributed by atoms with Crippen LogP contribution in [-0.2, 0) is 4.79 Å². The van der Waals surface area contributed by atoms with Crippen LogP contribution in [0, 0.1) is 0 Å². The van der Waals surface area contributed by atoms with Crippen molar-refractivity contribution in [1.82, 2.24) is 0 Å². The predicted octanol–water partition coefficient (Wildman–Crippen LogP) is 2.56. The van der Waals surface area contributed by atoms with Crippen molar-refractivity contribution >= 4 is 24.0 Å². The summed E-state index contributed by atoms with van der Waals surface area (Å²) >= 11 is 5.95. The summed E-state index contributed by atoms with van der Waals surface area (Å²) in [6, 6.07) is 5.39. The van der Waals surface area contributed by atoms with Crippen LogP contribution in [-0.4, -0.2) is 13.4 Å². The zero-order valence-corrected chi connectivity index (χ0v) is 7.91. The number of carbonyl (C=O) groups excluding carboxylic acids is 1. The summed E-state index contributed by atoms with van der Waals surface area (Å²) in [7, 11) is 1.55. The van der Waals surface area contributed by atoms with E-state index in [1.807, 2.05) is 12.1 Å². The average Bonchev–Trinajstić information content (AvgIpc) is 2.16. The minimum Gasteiger partial charge on any atom is -0.495 e. The molecule has 0 saturated carbocycles. The fraction of sp³-hybridized carbons (Fsp3) is 0.100. The van der Waals surface area contributed by atoms with Gasteiger partial charge in [-0.3, -0.25) is 4.79 Å². The fourth-order valence-electron chi connectivity index (χ4n) is 0.957. The minimum atomic E-state index is 0.517. The maximum atomic E-state index is 10.1. The van der Waals surface area contributed by atoms with E-state index in [4.69, 9.17) is 16.3 Å². The molecule has 2 nitrogen and oxygen atoms in total. The summed E-state index contributed by atoms with van der Waals surface area (Å²) in [4.78, 5) is 10.1. The lowest BCUT2D eigenvalue weighted by Crippen LogP contribution is -1.85. The summed E-state index contributed by atoms with van der Waals surface area (Å²) in [5, 5.41) is 0.517. The third kappa shape index (κ3) is 2.33. The smallest absolute Gasteiger partial charge is 0.142 e. The van der Waals surface area contributed by atoms with Crippen molar-refractivity contribution in [2.24, 2.45) is 0 Å². The number of halogens is 1. The monoisotopic (exact) mass is 196 g/mol. The van der Waals surface area contributed by atoms with Gasteiger partial charge in [0, 0.05) is 0 Å². The van der Waals surface area contributed by atoms with Gasteiger partial charge in [-0.1, -0.05) is 29.8 Å². The molecule has 0 amide bonds. The molecule has 0 aliphatic heterocycles. The van der Waals surface area contributed by atoms with E-state index in [-0.39, 0.29) is 0 Å². The molecule has 0 aliphatic carbocycles. The standard InChI is InChI=1S/C10H9ClO2/c1-13-9-6-2-4-8(10(9)11)5-3-7-12/h2-7H,1H3. The highest BCUT2D eigenvalue weighted by molar-refractivity contribution is 6.33. The molecule has 68 valence electrons. The topological polar surface area (TPSA) is 26.3 Å². The molecule has 0 atom stereocenters. The van der Waals surface area contributed by atoms with E-state index in [1.54, 1.807) is 19.3 Å². The summed E-state index contributed by atoms with van der Waals surface area (Å²) < 4.78 is 5.01. The normalized spacial score (nSPS) is 10.3. The molecular weight excluding hydrogens is 188 g/mol.